The quantitative estimate of drug-likeness (QED) is 0.411. The Bertz CT molecular complexity index is 1630. The number of aromatic nitrogens is 1. The first-order valence-corrected chi connectivity index (χ1v) is 12.3. The van der Waals surface area contributed by atoms with Crippen molar-refractivity contribution in [1.29, 1.82) is 5.26 Å². The maximum absolute atomic E-state index is 13.6. The zero-order valence-electron chi connectivity index (χ0n) is 20.6. The van der Waals surface area contributed by atoms with Gasteiger partial charge in [0.05, 0.1) is 30.5 Å². The highest BCUT2D eigenvalue weighted by Crippen LogP contribution is 2.27. The summed E-state index contributed by atoms with van der Waals surface area (Å²) in [5, 5.41) is 12.9. The van der Waals surface area contributed by atoms with E-state index in [1.807, 2.05) is 49.4 Å². The molecule has 0 aliphatic heterocycles. The first kappa shape index (κ1) is 25.5. The molecule has 7 nitrogen and oxygen atoms in total. The second-order valence-electron chi connectivity index (χ2n) is 8.10. The molecule has 1 heterocycles. The SMILES string of the molecule is COc1ccc(/C=c2/s/c(=C(\C#N)C(=O)N[C@H](C)c3ccccc3)n(-c3ccccc3)c2=O)cc1OC. The monoisotopic (exact) mass is 511 g/mol. The largest absolute Gasteiger partial charge is 0.493 e. The van der Waals surface area contributed by atoms with Gasteiger partial charge in [-0.15, -0.1) is 11.3 Å². The number of nitriles is 1. The molecule has 4 rings (SSSR count). The second kappa shape index (κ2) is 11.4. The molecule has 0 aliphatic rings. The lowest BCUT2D eigenvalue weighted by molar-refractivity contribution is -0.116. The fourth-order valence-corrected chi connectivity index (χ4v) is 4.95. The second-order valence-corrected chi connectivity index (χ2v) is 9.13. The molecule has 0 aliphatic carbocycles. The average molecular weight is 512 g/mol. The van der Waals surface area contributed by atoms with Crippen LogP contribution in [0, 0.1) is 11.3 Å². The fourth-order valence-electron chi connectivity index (χ4n) is 3.85. The number of nitrogens with one attached hydrogen (secondary N) is 1. The predicted molar refractivity (Wildman–Crippen MR) is 144 cm³/mol. The van der Waals surface area contributed by atoms with Crippen molar-refractivity contribution in [3.63, 3.8) is 0 Å². The Kier molecular flexibility index (Phi) is 7.86. The molecule has 1 N–H and O–H groups in total. The molecule has 186 valence electrons. The Balaban J connectivity index is 1.90. The van der Waals surface area contributed by atoms with Crippen LogP contribution in [0.4, 0.5) is 0 Å². The molecular weight excluding hydrogens is 486 g/mol. The summed E-state index contributed by atoms with van der Waals surface area (Å²) in [5.74, 6) is 0.537. The molecule has 0 radical (unpaired) electrons. The maximum atomic E-state index is 13.6. The summed E-state index contributed by atoms with van der Waals surface area (Å²) in [4.78, 5) is 26.8. The number of ether oxygens (including phenoxy) is 2. The molecule has 0 unspecified atom stereocenters. The van der Waals surface area contributed by atoms with Crippen molar-refractivity contribution in [2.75, 3.05) is 14.2 Å². The standard InChI is InChI=1S/C29H25N3O4S/c1-19(21-10-6-4-7-11-21)31-27(33)23(18-30)29-32(22-12-8-5-9-13-22)28(34)26(37-29)17-20-14-15-24(35-2)25(16-20)36-3/h4-17,19H,1-3H3,(H,31,33)/b26-17+,29-23+/t19-/m1/s1. The van der Waals surface area contributed by atoms with Crippen LogP contribution in [-0.4, -0.2) is 24.7 Å². The van der Waals surface area contributed by atoms with Crippen molar-refractivity contribution in [2.24, 2.45) is 0 Å². The van der Waals surface area contributed by atoms with E-state index in [9.17, 15) is 14.9 Å². The summed E-state index contributed by atoms with van der Waals surface area (Å²) in [5.41, 5.74) is 1.70. The zero-order chi connectivity index (χ0) is 26.4. The van der Waals surface area contributed by atoms with Crippen LogP contribution in [0.5, 0.6) is 11.5 Å². The topological polar surface area (TPSA) is 93.4 Å². The van der Waals surface area contributed by atoms with Crippen LogP contribution in [0.15, 0.2) is 83.7 Å². The summed E-state index contributed by atoms with van der Waals surface area (Å²) >= 11 is 1.09. The van der Waals surface area contributed by atoms with Gasteiger partial charge in [-0.25, -0.2) is 0 Å². The number of hydrogen-bond acceptors (Lipinski definition) is 6. The minimum Gasteiger partial charge on any atom is -0.493 e. The van der Waals surface area contributed by atoms with Crippen LogP contribution in [0.25, 0.3) is 17.3 Å². The van der Waals surface area contributed by atoms with Crippen LogP contribution >= 0.6 is 11.3 Å². The molecule has 0 fully saturated rings. The normalized spacial score (nSPS) is 12.9. The molecule has 1 aromatic heterocycles. The number of hydrogen-bond donors (Lipinski definition) is 1. The van der Waals surface area contributed by atoms with Crippen molar-refractivity contribution >= 4 is 28.9 Å². The third kappa shape index (κ3) is 5.47. The minimum atomic E-state index is -0.553. The van der Waals surface area contributed by atoms with Crippen LogP contribution < -0.4 is 29.5 Å². The van der Waals surface area contributed by atoms with Gasteiger partial charge in [0.2, 0.25) is 0 Å². The van der Waals surface area contributed by atoms with Gasteiger partial charge < -0.3 is 14.8 Å². The van der Waals surface area contributed by atoms with Gasteiger partial charge in [0.15, 0.2) is 17.1 Å². The molecule has 8 heteroatoms. The van der Waals surface area contributed by atoms with Crippen LogP contribution in [0.3, 0.4) is 0 Å². The third-order valence-electron chi connectivity index (χ3n) is 5.74. The molecule has 4 aromatic rings. The van der Waals surface area contributed by atoms with Crippen molar-refractivity contribution in [3.8, 4) is 23.3 Å². The molecule has 0 saturated carbocycles. The van der Waals surface area contributed by atoms with E-state index >= 15 is 0 Å². The Morgan fingerprint density at radius 1 is 1.00 bits per heavy atom. The van der Waals surface area contributed by atoms with Gasteiger partial charge in [-0.3, -0.25) is 14.2 Å². The number of benzene rings is 3. The van der Waals surface area contributed by atoms with Gasteiger partial charge in [0, 0.05) is 0 Å². The highest BCUT2D eigenvalue weighted by molar-refractivity contribution is 7.07. The van der Waals surface area contributed by atoms with Gasteiger partial charge in [-0.1, -0.05) is 54.6 Å². The molecular formula is C29H25N3O4S. The van der Waals surface area contributed by atoms with Gasteiger partial charge in [0.25, 0.3) is 11.5 Å². The van der Waals surface area contributed by atoms with E-state index in [-0.39, 0.29) is 21.8 Å². The highest BCUT2D eigenvalue weighted by Gasteiger charge is 2.19. The number of methoxy groups -OCH3 is 2. The van der Waals surface area contributed by atoms with E-state index in [4.69, 9.17) is 9.47 Å². The molecule has 37 heavy (non-hydrogen) atoms. The van der Waals surface area contributed by atoms with Gasteiger partial charge in [-0.05, 0) is 48.4 Å². The first-order valence-electron chi connectivity index (χ1n) is 11.5. The van der Waals surface area contributed by atoms with Gasteiger partial charge in [-0.2, -0.15) is 5.26 Å². The van der Waals surface area contributed by atoms with Crippen LogP contribution in [-0.2, 0) is 4.79 Å². The summed E-state index contributed by atoms with van der Waals surface area (Å²) in [7, 11) is 3.09. The highest BCUT2D eigenvalue weighted by atomic mass is 32.1. The summed E-state index contributed by atoms with van der Waals surface area (Å²) in [6.07, 6.45) is 1.71. The zero-order valence-corrected chi connectivity index (χ0v) is 21.4. The Morgan fingerprint density at radius 3 is 2.27 bits per heavy atom. The lowest BCUT2D eigenvalue weighted by atomic mass is 10.1. The van der Waals surface area contributed by atoms with Crippen LogP contribution in [0.2, 0.25) is 0 Å². The summed E-state index contributed by atoms with van der Waals surface area (Å²) in [6.45, 7) is 1.84. The van der Waals surface area contributed by atoms with Crippen molar-refractivity contribution in [3.05, 3.63) is 110 Å². The third-order valence-corrected chi connectivity index (χ3v) is 6.84. The number of carbonyl (C=O) groups is 1. The number of thiazole rings is 1. The molecule has 0 bridgehead atoms. The average Bonchev–Trinajstić information content (AvgIpc) is 3.24. The molecule has 1 atom stereocenters. The Morgan fingerprint density at radius 2 is 1.65 bits per heavy atom. The lowest BCUT2D eigenvalue weighted by Gasteiger charge is -2.13. The van der Waals surface area contributed by atoms with E-state index in [2.05, 4.69) is 5.32 Å². The van der Waals surface area contributed by atoms with Gasteiger partial charge >= 0.3 is 0 Å². The van der Waals surface area contributed by atoms with E-state index < -0.39 is 5.91 Å². The van der Waals surface area contributed by atoms with Crippen molar-refractivity contribution in [1.82, 2.24) is 9.88 Å². The van der Waals surface area contributed by atoms with Crippen LogP contribution in [0.1, 0.15) is 24.1 Å². The van der Waals surface area contributed by atoms with E-state index in [0.717, 1.165) is 16.9 Å². The number of carbonyl (C=O) groups excluding carboxylic acids is 1. The molecule has 3 aromatic carbocycles. The van der Waals surface area contributed by atoms with Gasteiger partial charge in [0.1, 0.15) is 10.7 Å². The summed E-state index contributed by atoms with van der Waals surface area (Å²) < 4.78 is 12.7. The first-order chi connectivity index (χ1) is 18.0. The molecule has 1 amide bonds. The maximum Gasteiger partial charge on any atom is 0.273 e. The predicted octanol–water partition coefficient (Wildman–Crippen LogP) is 3.30. The number of nitrogens with zero attached hydrogens (tertiary/aromatic N) is 2. The number of para-hydroxylation sites is 1. The summed E-state index contributed by atoms with van der Waals surface area (Å²) in [6, 6.07) is 25.4. The fraction of sp³-hybridized carbons (Fsp3) is 0.138. The molecule has 0 saturated heterocycles. The number of amides is 1. The van der Waals surface area contributed by atoms with Crippen molar-refractivity contribution < 1.29 is 14.3 Å². The van der Waals surface area contributed by atoms with E-state index in [1.165, 1.54) is 11.7 Å². The number of rotatable bonds is 7. The van der Waals surface area contributed by atoms with E-state index in [0.29, 0.717) is 27.3 Å². The molecule has 0 spiro atoms. The van der Waals surface area contributed by atoms with E-state index in [1.54, 1.807) is 55.7 Å². The van der Waals surface area contributed by atoms with Crippen molar-refractivity contribution in [2.45, 2.75) is 13.0 Å². The minimum absolute atomic E-state index is 0.138. The lowest BCUT2D eigenvalue weighted by Crippen LogP contribution is -2.34. The Labute approximate surface area is 218 Å². The smallest absolute Gasteiger partial charge is 0.273 e. The Hall–Kier alpha value is -4.61.